The van der Waals surface area contributed by atoms with Gasteiger partial charge in [0.1, 0.15) is 11.3 Å². The van der Waals surface area contributed by atoms with E-state index in [2.05, 4.69) is 32.2 Å². The van der Waals surface area contributed by atoms with Crippen molar-refractivity contribution in [3.05, 3.63) is 48.2 Å². The Morgan fingerprint density at radius 2 is 2.03 bits per heavy atom. The number of benzene rings is 1. The fraction of sp³-hybridized carbons (Fsp3) is 0.292. The quantitative estimate of drug-likeness (QED) is 0.419. The molecule has 0 aliphatic carbocycles. The third-order valence-corrected chi connectivity index (χ3v) is 5.97. The molecular weight excluding hydrogens is 448 g/mol. The van der Waals surface area contributed by atoms with Crippen molar-refractivity contribution >= 4 is 28.8 Å². The Morgan fingerprint density at radius 1 is 1.20 bits per heavy atom. The number of ether oxygens (including phenoxy) is 1. The molecule has 0 saturated carbocycles. The fourth-order valence-electron chi connectivity index (χ4n) is 4.02. The van der Waals surface area contributed by atoms with Gasteiger partial charge >= 0.3 is 0 Å². The Kier molecular flexibility index (Phi) is 6.15. The number of hydrogen-bond donors (Lipinski definition) is 1. The summed E-state index contributed by atoms with van der Waals surface area (Å²) in [6, 6.07) is 9.33. The van der Waals surface area contributed by atoms with Crippen molar-refractivity contribution in [2.75, 3.05) is 39.0 Å². The minimum Gasteiger partial charge on any atom is -0.439 e. The van der Waals surface area contributed by atoms with Gasteiger partial charge in [0.05, 0.1) is 11.7 Å². The number of anilines is 1. The van der Waals surface area contributed by atoms with Crippen LogP contribution in [-0.2, 0) is 11.3 Å². The van der Waals surface area contributed by atoms with Crippen molar-refractivity contribution in [3.8, 4) is 23.1 Å². The van der Waals surface area contributed by atoms with Crippen molar-refractivity contribution in [1.82, 2.24) is 34.6 Å². The molecule has 0 atom stereocenters. The van der Waals surface area contributed by atoms with E-state index in [4.69, 9.17) is 15.1 Å². The van der Waals surface area contributed by atoms with E-state index in [0.717, 1.165) is 37.3 Å². The zero-order chi connectivity index (χ0) is 24.4. The second kappa shape index (κ2) is 9.55. The van der Waals surface area contributed by atoms with Gasteiger partial charge in [-0.3, -0.25) is 4.79 Å². The smallest absolute Gasteiger partial charge is 0.246 e. The average molecular weight is 475 g/mol. The number of aryl methyl sites for hydroxylation is 1. The number of amides is 1. The minimum absolute atomic E-state index is 0.0168. The highest BCUT2D eigenvalue weighted by Gasteiger charge is 2.19. The van der Waals surface area contributed by atoms with Gasteiger partial charge in [0, 0.05) is 44.9 Å². The van der Waals surface area contributed by atoms with E-state index in [9.17, 15) is 4.79 Å². The lowest BCUT2D eigenvalue weighted by Gasteiger charge is -2.31. The van der Waals surface area contributed by atoms with Crippen molar-refractivity contribution in [1.29, 1.82) is 0 Å². The molecule has 0 radical (unpaired) electrons. The first-order valence-electron chi connectivity index (χ1n) is 11.4. The van der Waals surface area contributed by atoms with Crippen LogP contribution in [0.5, 0.6) is 11.6 Å². The number of carbonyl (C=O) groups is 1. The van der Waals surface area contributed by atoms with Crippen LogP contribution in [0.3, 0.4) is 0 Å². The Labute approximate surface area is 201 Å². The summed E-state index contributed by atoms with van der Waals surface area (Å²) in [6.45, 7) is 5.89. The maximum atomic E-state index is 12.5. The zero-order valence-electron chi connectivity index (χ0n) is 19.6. The molecule has 3 aromatic heterocycles. The highest BCUT2D eigenvalue weighted by atomic mass is 16.6. The second-order valence-electron chi connectivity index (χ2n) is 8.33. The maximum Gasteiger partial charge on any atom is 0.246 e. The largest absolute Gasteiger partial charge is 0.439 e. The highest BCUT2D eigenvalue weighted by molar-refractivity contribution is 5.92. The number of carbonyl (C=O) groups excluding carboxylic acids is 1. The lowest BCUT2D eigenvalue weighted by atomic mass is 10.2. The summed E-state index contributed by atoms with van der Waals surface area (Å²) in [4.78, 5) is 25.6. The molecule has 0 bridgehead atoms. The Morgan fingerprint density at radius 3 is 2.77 bits per heavy atom. The lowest BCUT2D eigenvalue weighted by Crippen LogP contribution is -2.46. The van der Waals surface area contributed by atoms with Crippen molar-refractivity contribution in [3.63, 3.8) is 0 Å². The van der Waals surface area contributed by atoms with Crippen molar-refractivity contribution in [2.24, 2.45) is 0 Å². The molecule has 1 aliphatic rings. The molecule has 4 heterocycles. The number of fused-ring (bicyclic) bond motifs is 1. The summed E-state index contributed by atoms with van der Waals surface area (Å²) in [5.74, 6) is 1.77. The summed E-state index contributed by atoms with van der Waals surface area (Å²) in [6.07, 6.45) is 5.06. The van der Waals surface area contributed by atoms with Gasteiger partial charge in [-0.05, 0) is 48.1 Å². The van der Waals surface area contributed by atoms with E-state index in [1.54, 1.807) is 18.3 Å². The highest BCUT2D eigenvalue weighted by Crippen LogP contribution is 2.29. The Hall–Kier alpha value is -4.25. The van der Waals surface area contributed by atoms with Gasteiger partial charge in [0.2, 0.25) is 11.8 Å². The predicted octanol–water partition coefficient (Wildman–Crippen LogP) is 2.66. The summed E-state index contributed by atoms with van der Waals surface area (Å²) in [5, 5.41) is 7.51. The first-order chi connectivity index (χ1) is 17.0. The molecule has 11 nitrogen and oxygen atoms in total. The molecule has 35 heavy (non-hydrogen) atoms. The number of rotatable bonds is 6. The minimum atomic E-state index is 0.0168. The van der Waals surface area contributed by atoms with Gasteiger partial charge in [-0.15, -0.1) is 0 Å². The van der Waals surface area contributed by atoms with Gasteiger partial charge < -0.3 is 24.8 Å². The SMILES string of the molecule is CCn1c(-c2nonc2N)nc2cnc(Oc3cccc(/C=C/C(=O)N4CCN(C)CC4)c3)cc21. The summed E-state index contributed by atoms with van der Waals surface area (Å²) in [5.41, 5.74) is 8.61. The molecule has 5 rings (SSSR count). The van der Waals surface area contributed by atoms with Gasteiger partial charge in [0.15, 0.2) is 17.3 Å². The number of nitrogens with zero attached hydrogens (tertiary/aromatic N) is 7. The molecule has 2 N–H and O–H groups in total. The summed E-state index contributed by atoms with van der Waals surface area (Å²) < 4.78 is 12.7. The van der Waals surface area contributed by atoms with Gasteiger partial charge in [-0.25, -0.2) is 14.6 Å². The van der Waals surface area contributed by atoms with E-state index in [1.165, 1.54) is 0 Å². The van der Waals surface area contributed by atoms with E-state index in [1.807, 2.05) is 46.7 Å². The van der Waals surface area contributed by atoms with Crippen LogP contribution in [0, 0.1) is 0 Å². The lowest BCUT2D eigenvalue weighted by molar-refractivity contribution is -0.127. The van der Waals surface area contributed by atoms with Crippen LogP contribution in [0.25, 0.3) is 28.6 Å². The standard InChI is InChI=1S/C24H26N8O3/c1-3-32-19-14-20(26-15-18(19)27-24(32)22-23(25)29-35-28-22)34-17-6-4-5-16(13-17)7-8-21(33)31-11-9-30(2)10-12-31/h4-8,13-15H,3,9-12H2,1-2H3,(H2,25,29)/b8-7+. The van der Waals surface area contributed by atoms with Gasteiger partial charge in [0.25, 0.3) is 0 Å². The second-order valence-corrected chi connectivity index (χ2v) is 8.33. The van der Waals surface area contributed by atoms with Crippen molar-refractivity contribution in [2.45, 2.75) is 13.5 Å². The van der Waals surface area contributed by atoms with Crippen LogP contribution >= 0.6 is 0 Å². The molecule has 1 aromatic carbocycles. The third kappa shape index (κ3) is 4.71. The van der Waals surface area contributed by atoms with Gasteiger partial charge in [-0.1, -0.05) is 12.1 Å². The first-order valence-corrected chi connectivity index (χ1v) is 11.4. The Balaban J connectivity index is 1.34. The van der Waals surface area contributed by atoms with E-state index in [-0.39, 0.29) is 11.7 Å². The van der Waals surface area contributed by atoms with Gasteiger partial charge in [-0.2, -0.15) is 0 Å². The number of likely N-dealkylation sites (N-methyl/N-ethyl adjacent to an activating group) is 1. The van der Waals surface area contributed by atoms with E-state index < -0.39 is 0 Å². The maximum absolute atomic E-state index is 12.5. The molecule has 11 heteroatoms. The normalized spacial score (nSPS) is 14.7. The number of pyridine rings is 1. The zero-order valence-corrected chi connectivity index (χ0v) is 19.6. The molecule has 1 aliphatic heterocycles. The predicted molar refractivity (Wildman–Crippen MR) is 131 cm³/mol. The average Bonchev–Trinajstić information content (AvgIpc) is 3.45. The molecule has 0 unspecified atom stereocenters. The number of imidazole rings is 1. The molecule has 4 aromatic rings. The fourth-order valence-corrected chi connectivity index (χ4v) is 4.02. The topological polar surface area (TPSA) is 128 Å². The van der Waals surface area contributed by atoms with Crippen LogP contribution in [0.2, 0.25) is 0 Å². The van der Waals surface area contributed by atoms with E-state index >= 15 is 0 Å². The molecule has 1 fully saturated rings. The monoisotopic (exact) mass is 474 g/mol. The summed E-state index contributed by atoms with van der Waals surface area (Å²) >= 11 is 0. The van der Waals surface area contributed by atoms with E-state index in [0.29, 0.717) is 35.2 Å². The molecule has 180 valence electrons. The number of hydrogen-bond acceptors (Lipinski definition) is 9. The molecule has 1 saturated heterocycles. The number of piperazine rings is 1. The van der Waals surface area contributed by atoms with Crippen LogP contribution in [0.15, 0.2) is 47.2 Å². The molecular formula is C24H26N8O3. The molecule has 0 spiro atoms. The van der Waals surface area contributed by atoms with Crippen LogP contribution in [0.4, 0.5) is 5.82 Å². The van der Waals surface area contributed by atoms with Crippen molar-refractivity contribution < 1.29 is 14.2 Å². The van der Waals surface area contributed by atoms with Crippen LogP contribution < -0.4 is 10.5 Å². The number of nitrogen functional groups attached to an aromatic ring is 1. The molecule has 1 amide bonds. The first kappa shape index (κ1) is 22.5. The third-order valence-electron chi connectivity index (χ3n) is 5.97. The summed E-state index contributed by atoms with van der Waals surface area (Å²) in [7, 11) is 2.06. The number of aromatic nitrogens is 5. The Bertz CT molecular complexity index is 1380. The number of nitrogens with two attached hydrogens (primary N) is 1. The van der Waals surface area contributed by atoms with Crippen LogP contribution in [0.1, 0.15) is 12.5 Å². The van der Waals surface area contributed by atoms with Crippen LogP contribution in [-0.4, -0.2) is 73.8 Å².